The summed E-state index contributed by atoms with van der Waals surface area (Å²) >= 11 is 5.55. The summed E-state index contributed by atoms with van der Waals surface area (Å²) in [5.41, 5.74) is 3.72. The number of aromatic amines is 1. The van der Waals surface area contributed by atoms with Gasteiger partial charge in [0.15, 0.2) is 0 Å². The molecule has 3 N–H and O–H groups in total. The van der Waals surface area contributed by atoms with Crippen molar-refractivity contribution in [2.75, 3.05) is 5.75 Å². The average Bonchev–Trinajstić information content (AvgIpc) is 3.77. The lowest BCUT2D eigenvalue weighted by Gasteiger charge is -2.16. The molecule has 2 aliphatic rings. The number of unbranched alkanes of at least 4 members (excludes halogenated alkanes) is 1. The van der Waals surface area contributed by atoms with Gasteiger partial charge in [0.1, 0.15) is 5.82 Å². The molecule has 9 heteroatoms. The van der Waals surface area contributed by atoms with Crippen LogP contribution in [0.25, 0.3) is 54.9 Å². The second-order valence-corrected chi connectivity index (χ2v) is 13.4. The number of hydrogen-bond acceptors (Lipinski definition) is 4. The number of hydrogen-bond donors (Lipinski definition) is 3. The molecule has 42 heavy (non-hydrogen) atoms. The SMILES string of the molecule is O=C1NC2CSC(CCCCC(=O)n3cc(-c4nc5c6ccccc6c6ccccc6c5[nH]4)c4cc(Br)ccc43)C2N1. The lowest BCUT2D eigenvalue weighted by Crippen LogP contribution is -2.36. The van der Waals surface area contributed by atoms with Gasteiger partial charge in [-0.3, -0.25) is 9.36 Å². The number of nitrogens with one attached hydrogen (secondary N) is 3. The maximum Gasteiger partial charge on any atom is 0.315 e. The zero-order valence-corrected chi connectivity index (χ0v) is 25.1. The molecule has 7 nitrogen and oxygen atoms in total. The Morgan fingerprint density at radius 1 is 0.952 bits per heavy atom. The number of amides is 2. The zero-order chi connectivity index (χ0) is 28.4. The number of fused-ring (bicyclic) bond motifs is 8. The van der Waals surface area contributed by atoms with Gasteiger partial charge in [0, 0.05) is 49.8 Å². The van der Waals surface area contributed by atoms with Crippen molar-refractivity contribution in [2.45, 2.75) is 43.0 Å². The van der Waals surface area contributed by atoms with E-state index < -0.39 is 0 Å². The Kier molecular flexibility index (Phi) is 6.26. The van der Waals surface area contributed by atoms with E-state index in [1.807, 2.05) is 30.1 Å². The first-order valence-electron chi connectivity index (χ1n) is 14.4. The number of nitrogens with zero attached hydrogens (tertiary/aromatic N) is 2. The van der Waals surface area contributed by atoms with Crippen LogP contribution in [-0.4, -0.2) is 49.6 Å². The molecule has 2 amide bonds. The molecule has 0 bridgehead atoms. The van der Waals surface area contributed by atoms with Crippen LogP contribution in [-0.2, 0) is 0 Å². The van der Waals surface area contributed by atoms with E-state index in [2.05, 4.69) is 86.1 Å². The molecule has 0 spiro atoms. The minimum Gasteiger partial charge on any atom is -0.337 e. The summed E-state index contributed by atoms with van der Waals surface area (Å²) in [7, 11) is 0. The van der Waals surface area contributed by atoms with E-state index in [0.29, 0.717) is 11.7 Å². The van der Waals surface area contributed by atoms with Crippen LogP contribution in [0.1, 0.15) is 30.5 Å². The topological polar surface area (TPSA) is 91.8 Å². The maximum absolute atomic E-state index is 13.6. The van der Waals surface area contributed by atoms with Gasteiger partial charge in [-0.2, -0.15) is 11.8 Å². The van der Waals surface area contributed by atoms with Gasteiger partial charge in [-0.1, -0.05) is 70.9 Å². The van der Waals surface area contributed by atoms with Crippen molar-refractivity contribution in [1.29, 1.82) is 0 Å². The van der Waals surface area contributed by atoms with Gasteiger partial charge in [-0.05, 0) is 41.8 Å². The number of aromatic nitrogens is 3. The number of imidazole rings is 1. The Labute approximate surface area is 254 Å². The fourth-order valence-corrected chi connectivity index (χ4v) is 8.64. The van der Waals surface area contributed by atoms with Crippen LogP contribution in [0.2, 0.25) is 0 Å². The minimum atomic E-state index is -0.0572. The summed E-state index contributed by atoms with van der Waals surface area (Å²) in [6.07, 6.45) is 5.16. The van der Waals surface area contributed by atoms with E-state index in [-0.39, 0.29) is 24.0 Å². The van der Waals surface area contributed by atoms with E-state index in [1.165, 1.54) is 10.8 Å². The standard InChI is InChI=1S/C33H28BrN5O2S/c34-18-13-14-26-23(15-18)24(16-39(26)28(40)12-6-5-11-27-31-25(17-42-27)35-33(41)38-31)32-36-29-21-9-3-1-7-19(21)20-8-2-4-10-22(20)30(29)37-32/h1-4,7-10,13-16,25,27,31H,5-6,11-12,17H2,(H,36,37)(H2,35,38,41). The first kappa shape index (κ1) is 25.9. The van der Waals surface area contributed by atoms with Crippen molar-refractivity contribution in [1.82, 2.24) is 25.2 Å². The maximum atomic E-state index is 13.6. The Morgan fingerprint density at radius 3 is 2.55 bits per heavy atom. The lowest BCUT2D eigenvalue weighted by molar-refractivity contribution is 0.0904. The molecule has 0 radical (unpaired) electrons. The van der Waals surface area contributed by atoms with Crippen molar-refractivity contribution >= 4 is 83.1 Å². The summed E-state index contributed by atoms with van der Waals surface area (Å²) in [5.74, 6) is 1.78. The number of thioether (sulfide) groups is 1. The molecular weight excluding hydrogens is 610 g/mol. The average molecular weight is 639 g/mol. The van der Waals surface area contributed by atoms with Crippen LogP contribution in [0, 0.1) is 0 Å². The van der Waals surface area contributed by atoms with Crippen molar-refractivity contribution in [3.05, 3.63) is 77.4 Å². The van der Waals surface area contributed by atoms with Gasteiger partial charge >= 0.3 is 6.03 Å². The molecule has 3 atom stereocenters. The van der Waals surface area contributed by atoms with E-state index in [4.69, 9.17) is 4.98 Å². The van der Waals surface area contributed by atoms with E-state index in [1.54, 1.807) is 4.57 Å². The van der Waals surface area contributed by atoms with E-state index >= 15 is 0 Å². The van der Waals surface area contributed by atoms with Gasteiger partial charge in [0.2, 0.25) is 5.91 Å². The Bertz CT molecular complexity index is 1980. The van der Waals surface area contributed by atoms with Crippen LogP contribution in [0.15, 0.2) is 77.4 Å². The summed E-state index contributed by atoms with van der Waals surface area (Å²) < 4.78 is 2.75. The number of urea groups is 1. The molecule has 0 saturated carbocycles. The van der Waals surface area contributed by atoms with Crippen LogP contribution in [0.5, 0.6) is 0 Å². The summed E-state index contributed by atoms with van der Waals surface area (Å²) in [4.78, 5) is 34.0. The molecule has 210 valence electrons. The monoisotopic (exact) mass is 637 g/mol. The zero-order valence-electron chi connectivity index (χ0n) is 22.7. The highest BCUT2D eigenvalue weighted by Gasteiger charge is 2.42. The molecule has 6 aromatic rings. The van der Waals surface area contributed by atoms with Gasteiger partial charge in [-0.15, -0.1) is 0 Å². The van der Waals surface area contributed by atoms with Crippen LogP contribution >= 0.6 is 27.7 Å². The van der Waals surface area contributed by atoms with E-state index in [9.17, 15) is 9.59 Å². The first-order valence-corrected chi connectivity index (χ1v) is 16.2. The molecule has 0 aliphatic carbocycles. The molecule has 2 aliphatic heterocycles. The fourth-order valence-electron chi connectivity index (χ4n) is 6.73. The number of halogens is 1. The number of carbonyl (C=O) groups is 2. The first-order chi connectivity index (χ1) is 20.5. The van der Waals surface area contributed by atoms with Gasteiger partial charge in [0.05, 0.1) is 28.6 Å². The number of benzene rings is 4. The number of H-pyrrole nitrogens is 1. The molecule has 2 aromatic heterocycles. The minimum absolute atomic E-state index is 0.0572. The molecule has 4 aromatic carbocycles. The highest BCUT2D eigenvalue weighted by Crippen LogP contribution is 2.38. The van der Waals surface area contributed by atoms with Gasteiger partial charge in [0.25, 0.3) is 0 Å². The number of rotatable bonds is 6. The summed E-state index contributed by atoms with van der Waals surface area (Å²) in [6.45, 7) is 0. The Morgan fingerprint density at radius 2 is 1.71 bits per heavy atom. The molecule has 8 rings (SSSR count). The smallest absolute Gasteiger partial charge is 0.315 e. The third kappa shape index (κ3) is 4.21. The third-order valence-electron chi connectivity index (χ3n) is 8.73. The lowest BCUT2D eigenvalue weighted by atomic mass is 10.0. The number of carbonyl (C=O) groups excluding carboxylic acids is 2. The molecule has 2 fully saturated rings. The molecular formula is C33H28BrN5O2S. The van der Waals surface area contributed by atoms with Crippen LogP contribution in [0.4, 0.5) is 4.79 Å². The Hall–Kier alpha value is -3.82. The van der Waals surface area contributed by atoms with Gasteiger partial charge in [-0.25, -0.2) is 9.78 Å². The fraction of sp³-hybridized carbons (Fsp3) is 0.242. The molecule has 4 heterocycles. The second-order valence-electron chi connectivity index (χ2n) is 11.2. The highest BCUT2D eigenvalue weighted by molar-refractivity contribution is 9.10. The van der Waals surface area contributed by atoms with Crippen LogP contribution < -0.4 is 10.6 Å². The van der Waals surface area contributed by atoms with E-state index in [0.717, 1.165) is 73.6 Å². The summed E-state index contributed by atoms with van der Waals surface area (Å²) in [6, 6.07) is 23.2. The van der Waals surface area contributed by atoms with Crippen molar-refractivity contribution < 1.29 is 9.59 Å². The second kappa shape index (κ2) is 10.2. The largest absolute Gasteiger partial charge is 0.337 e. The molecule has 3 unspecified atom stereocenters. The van der Waals surface area contributed by atoms with Gasteiger partial charge < -0.3 is 15.6 Å². The summed E-state index contributed by atoms with van der Waals surface area (Å²) in [5, 5.41) is 12.0. The molecule has 2 saturated heterocycles. The van der Waals surface area contributed by atoms with Crippen molar-refractivity contribution in [3.8, 4) is 11.4 Å². The van der Waals surface area contributed by atoms with Crippen molar-refractivity contribution in [3.63, 3.8) is 0 Å². The predicted molar refractivity (Wildman–Crippen MR) is 174 cm³/mol. The predicted octanol–water partition coefficient (Wildman–Crippen LogP) is 7.62. The van der Waals surface area contributed by atoms with Crippen LogP contribution in [0.3, 0.4) is 0 Å². The Balaban J connectivity index is 1.11. The highest BCUT2D eigenvalue weighted by atomic mass is 79.9. The quantitative estimate of drug-likeness (QED) is 0.0995. The normalized spacial score (nSPS) is 20.0. The van der Waals surface area contributed by atoms with Crippen molar-refractivity contribution in [2.24, 2.45) is 0 Å². The third-order valence-corrected chi connectivity index (χ3v) is 10.7.